The molecule has 22 heavy (non-hydrogen) atoms. The van der Waals surface area contributed by atoms with Gasteiger partial charge in [0.05, 0.1) is 0 Å². The Morgan fingerprint density at radius 3 is 1.86 bits per heavy atom. The molecule has 2 heteroatoms. The van der Waals surface area contributed by atoms with Gasteiger partial charge in [0, 0.05) is 19.2 Å². The van der Waals surface area contributed by atoms with Crippen LogP contribution in [-0.4, -0.2) is 0 Å². The average molecular weight is 335 g/mol. The Morgan fingerprint density at radius 2 is 1.32 bits per heavy atom. The molecule has 0 spiro atoms. The van der Waals surface area contributed by atoms with Crippen LogP contribution in [0.5, 0.6) is 0 Å². The first-order valence-corrected chi connectivity index (χ1v) is 10.9. The van der Waals surface area contributed by atoms with Crippen LogP contribution in [0.15, 0.2) is 12.1 Å². The van der Waals surface area contributed by atoms with E-state index >= 15 is 0 Å². The van der Waals surface area contributed by atoms with Gasteiger partial charge in [0.25, 0.3) is 0 Å². The van der Waals surface area contributed by atoms with E-state index in [1.54, 1.807) is 9.75 Å². The fraction of sp³-hybridized carbons (Fsp3) is 0.700. The van der Waals surface area contributed by atoms with Crippen molar-refractivity contribution in [1.82, 2.24) is 0 Å². The SMILES string of the molecule is CCCc1cc2sc(CC[C@H]3CC[C@H](CCC)CC3)cc2s1. The zero-order valence-corrected chi connectivity index (χ0v) is 15.8. The molecular weight excluding hydrogens is 304 g/mol. The summed E-state index contributed by atoms with van der Waals surface area (Å²) in [5.74, 6) is 2.05. The number of hydrogen-bond acceptors (Lipinski definition) is 2. The van der Waals surface area contributed by atoms with Gasteiger partial charge in [-0.25, -0.2) is 0 Å². The second-order valence-corrected chi connectivity index (χ2v) is 9.45. The van der Waals surface area contributed by atoms with Crippen molar-refractivity contribution in [3.8, 4) is 0 Å². The van der Waals surface area contributed by atoms with Crippen molar-refractivity contribution in [2.75, 3.05) is 0 Å². The van der Waals surface area contributed by atoms with Gasteiger partial charge in [-0.3, -0.25) is 0 Å². The Kier molecular flexibility index (Phi) is 5.98. The Labute approximate surface area is 143 Å². The quantitative estimate of drug-likeness (QED) is 0.493. The summed E-state index contributed by atoms with van der Waals surface area (Å²) < 4.78 is 3.07. The van der Waals surface area contributed by atoms with Crippen molar-refractivity contribution >= 4 is 32.1 Å². The molecule has 1 aliphatic rings. The lowest BCUT2D eigenvalue weighted by Crippen LogP contribution is -2.14. The van der Waals surface area contributed by atoms with Crippen LogP contribution >= 0.6 is 22.7 Å². The summed E-state index contributed by atoms with van der Waals surface area (Å²) in [4.78, 5) is 3.20. The summed E-state index contributed by atoms with van der Waals surface area (Å²) in [6.45, 7) is 4.61. The van der Waals surface area contributed by atoms with Crippen LogP contribution in [0.4, 0.5) is 0 Å². The summed E-state index contributed by atoms with van der Waals surface area (Å²) >= 11 is 4.07. The van der Waals surface area contributed by atoms with E-state index in [1.165, 1.54) is 73.6 Å². The zero-order valence-electron chi connectivity index (χ0n) is 14.2. The number of aryl methyl sites for hydroxylation is 2. The summed E-state index contributed by atoms with van der Waals surface area (Å²) in [5, 5.41) is 0. The monoisotopic (exact) mass is 334 g/mol. The van der Waals surface area contributed by atoms with Crippen molar-refractivity contribution in [3.63, 3.8) is 0 Å². The highest BCUT2D eigenvalue weighted by Gasteiger charge is 2.20. The largest absolute Gasteiger partial charge is 0.139 e. The summed E-state index contributed by atoms with van der Waals surface area (Å²) in [7, 11) is 0. The third kappa shape index (κ3) is 4.14. The van der Waals surface area contributed by atoms with E-state index < -0.39 is 0 Å². The van der Waals surface area contributed by atoms with Crippen LogP contribution in [0, 0.1) is 11.8 Å². The lowest BCUT2D eigenvalue weighted by atomic mass is 9.78. The standard InChI is InChI=1S/C20H30S2/c1-3-5-15-7-9-16(10-8-15)11-12-18-14-20-19(22-18)13-17(21-20)6-4-2/h13-16H,3-12H2,1-2H3/t15-,16-. The van der Waals surface area contributed by atoms with E-state index in [-0.39, 0.29) is 0 Å². The minimum Gasteiger partial charge on any atom is -0.139 e. The minimum absolute atomic E-state index is 1.00. The number of hydrogen-bond donors (Lipinski definition) is 0. The van der Waals surface area contributed by atoms with Gasteiger partial charge in [-0.15, -0.1) is 22.7 Å². The van der Waals surface area contributed by atoms with E-state index in [1.807, 2.05) is 11.3 Å². The zero-order chi connectivity index (χ0) is 15.4. The molecule has 122 valence electrons. The Hall–Kier alpha value is -0.340. The van der Waals surface area contributed by atoms with E-state index in [9.17, 15) is 0 Å². The van der Waals surface area contributed by atoms with Crippen LogP contribution in [-0.2, 0) is 12.8 Å². The molecular formula is C20H30S2. The smallest absolute Gasteiger partial charge is 0.0456 e. The van der Waals surface area contributed by atoms with E-state index in [2.05, 4.69) is 37.3 Å². The molecule has 0 aromatic carbocycles. The number of rotatable bonds is 7. The first-order valence-electron chi connectivity index (χ1n) is 9.29. The predicted molar refractivity (Wildman–Crippen MR) is 102 cm³/mol. The maximum absolute atomic E-state index is 2.48. The highest BCUT2D eigenvalue weighted by molar-refractivity contribution is 7.27. The van der Waals surface area contributed by atoms with Crippen molar-refractivity contribution in [2.24, 2.45) is 11.8 Å². The van der Waals surface area contributed by atoms with Crippen molar-refractivity contribution < 1.29 is 0 Å². The Morgan fingerprint density at radius 1 is 0.773 bits per heavy atom. The van der Waals surface area contributed by atoms with Gasteiger partial charge in [0.2, 0.25) is 0 Å². The predicted octanol–water partition coefficient (Wildman–Crippen LogP) is 7.45. The van der Waals surface area contributed by atoms with Crippen LogP contribution in [0.25, 0.3) is 9.40 Å². The van der Waals surface area contributed by atoms with Crippen molar-refractivity contribution in [3.05, 3.63) is 21.9 Å². The summed E-state index contributed by atoms with van der Waals surface area (Å²) in [5.41, 5.74) is 0. The van der Waals surface area contributed by atoms with Crippen LogP contribution in [0.2, 0.25) is 0 Å². The molecule has 0 bridgehead atoms. The van der Waals surface area contributed by atoms with Crippen LogP contribution in [0.3, 0.4) is 0 Å². The van der Waals surface area contributed by atoms with E-state index in [0.717, 1.165) is 11.8 Å². The van der Waals surface area contributed by atoms with Gasteiger partial charge < -0.3 is 0 Å². The number of fused-ring (bicyclic) bond motifs is 1. The minimum atomic E-state index is 1.00. The highest BCUT2D eigenvalue weighted by atomic mass is 32.1. The van der Waals surface area contributed by atoms with E-state index in [0.29, 0.717) is 0 Å². The van der Waals surface area contributed by atoms with Crippen molar-refractivity contribution in [2.45, 2.75) is 78.1 Å². The lowest BCUT2D eigenvalue weighted by molar-refractivity contribution is 0.252. The topological polar surface area (TPSA) is 0 Å². The molecule has 0 N–H and O–H groups in total. The number of thiophene rings is 2. The van der Waals surface area contributed by atoms with Gasteiger partial charge in [0.1, 0.15) is 0 Å². The molecule has 3 rings (SSSR count). The molecule has 0 amide bonds. The summed E-state index contributed by atoms with van der Waals surface area (Å²) in [6.07, 6.45) is 14.1. The molecule has 2 heterocycles. The molecule has 0 radical (unpaired) electrons. The van der Waals surface area contributed by atoms with Gasteiger partial charge in [-0.05, 0) is 43.2 Å². The van der Waals surface area contributed by atoms with E-state index in [4.69, 9.17) is 0 Å². The molecule has 1 aliphatic carbocycles. The third-order valence-electron chi connectivity index (χ3n) is 5.27. The molecule has 2 aromatic rings. The Balaban J connectivity index is 1.48. The summed E-state index contributed by atoms with van der Waals surface area (Å²) in [6, 6.07) is 4.92. The maximum atomic E-state index is 2.48. The maximum Gasteiger partial charge on any atom is 0.0456 e. The van der Waals surface area contributed by atoms with Crippen LogP contribution in [0.1, 0.15) is 75.0 Å². The van der Waals surface area contributed by atoms with Gasteiger partial charge in [0.15, 0.2) is 0 Å². The third-order valence-corrected chi connectivity index (χ3v) is 7.68. The van der Waals surface area contributed by atoms with Crippen LogP contribution < -0.4 is 0 Å². The molecule has 1 saturated carbocycles. The van der Waals surface area contributed by atoms with Crippen molar-refractivity contribution in [1.29, 1.82) is 0 Å². The van der Waals surface area contributed by atoms with Gasteiger partial charge >= 0.3 is 0 Å². The lowest BCUT2D eigenvalue weighted by Gasteiger charge is -2.28. The molecule has 0 aliphatic heterocycles. The molecule has 0 saturated heterocycles. The first kappa shape index (κ1) is 16.5. The van der Waals surface area contributed by atoms with Gasteiger partial charge in [-0.1, -0.05) is 58.8 Å². The molecule has 0 atom stereocenters. The fourth-order valence-corrected chi connectivity index (χ4v) is 6.56. The van der Waals surface area contributed by atoms with Gasteiger partial charge in [-0.2, -0.15) is 0 Å². The molecule has 1 fully saturated rings. The molecule has 0 nitrogen and oxygen atoms in total. The average Bonchev–Trinajstić information content (AvgIpc) is 3.05. The molecule has 2 aromatic heterocycles. The molecule has 0 unspecified atom stereocenters. The first-order chi connectivity index (χ1) is 10.8. The normalized spacial score (nSPS) is 22.5. The second-order valence-electron chi connectivity index (χ2n) is 7.12. The second kappa shape index (κ2) is 7.97. The Bertz CT molecular complexity index is 538. The highest BCUT2D eigenvalue weighted by Crippen LogP contribution is 2.37. The fourth-order valence-electron chi connectivity index (χ4n) is 3.99.